The zero-order valence-corrected chi connectivity index (χ0v) is 23.5. The van der Waals surface area contributed by atoms with Crippen LogP contribution in [0, 0.1) is 0 Å². The normalized spacial score (nSPS) is 15.7. The first kappa shape index (κ1) is 28.7. The maximum absolute atomic E-state index is 12.5. The van der Waals surface area contributed by atoms with Crippen LogP contribution < -0.4 is 4.74 Å². The highest BCUT2D eigenvalue weighted by atomic mass is 35.5. The Hall–Kier alpha value is -3.34. The van der Waals surface area contributed by atoms with Crippen molar-refractivity contribution in [1.82, 2.24) is 0 Å². The molecule has 0 spiro atoms. The Morgan fingerprint density at radius 2 is 1.31 bits per heavy atom. The predicted octanol–water partition coefficient (Wildman–Crippen LogP) is 10.0. The van der Waals surface area contributed by atoms with E-state index in [-0.39, 0.29) is 11.6 Å². The fourth-order valence-electron chi connectivity index (χ4n) is 3.73. The van der Waals surface area contributed by atoms with Crippen LogP contribution in [-0.2, 0) is 0 Å². The van der Waals surface area contributed by atoms with Crippen LogP contribution in [0.4, 0.5) is 0 Å². The molecular formula is C32H22Cl4O3. The third-order valence-corrected chi connectivity index (χ3v) is 7.04. The fraction of sp³-hybridized carbons (Fsp3) is 0.0625. The summed E-state index contributed by atoms with van der Waals surface area (Å²) in [6.45, 7) is 0. The summed E-state index contributed by atoms with van der Waals surface area (Å²) in [4.78, 5) is 23.7. The lowest BCUT2D eigenvalue weighted by Crippen LogP contribution is -2.30. The van der Waals surface area contributed by atoms with Crippen molar-refractivity contribution in [3.63, 3.8) is 0 Å². The van der Waals surface area contributed by atoms with E-state index in [0.717, 1.165) is 5.75 Å². The molecule has 0 radical (unpaired) electrons. The summed E-state index contributed by atoms with van der Waals surface area (Å²) in [6.07, 6.45) is 7.82. The topological polar surface area (TPSA) is 43.4 Å². The van der Waals surface area contributed by atoms with E-state index in [1.54, 1.807) is 78.9 Å². The summed E-state index contributed by atoms with van der Waals surface area (Å²) >= 11 is 24.1. The largest absolute Gasteiger partial charge is 0.457 e. The Balaban J connectivity index is 0.000000193. The Labute approximate surface area is 247 Å². The quantitative estimate of drug-likeness (QED) is 0.164. The van der Waals surface area contributed by atoms with Gasteiger partial charge in [0.25, 0.3) is 0 Å². The molecule has 39 heavy (non-hydrogen) atoms. The minimum absolute atomic E-state index is 0.0913. The number of Topliss-reactive ketones (excluding diaryl/α,β-unsaturated/α-hetero) is 1. The van der Waals surface area contributed by atoms with Crippen LogP contribution in [0.1, 0.15) is 32.7 Å². The highest BCUT2D eigenvalue weighted by molar-refractivity contribution is 6.40. The van der Waals surface area contributed by atoms with E-state index < -0.39 is 4.87 Å². The molecule has 0 aliphatic heterocycles. The van der Waals surface area contributed by atoms with Gasteiger partial charge in [0.05, 0.1) is 5.02 Å². The van der Waals surface area contributed by atoms with Gasteiger partial charge >= 0.3 is 0 Å². The molecule has 0 fully saturated rings. The number of hydrogen-bond donors (Lipinski definition) is 0. The zero-order chi connectivity index (χ0) is 27.8. The van der Waals surface area contributed by atoms with Crippen LogP contribution in [0.15, 0.2) is 121 Å². The van der Waals surface area contributed by atoms with E-state index in [9.17, 15) is 9.59 Å². The van der Waals surface area contributed by atoms with Gasteiger partial charge in [0.15, 0.2) is 11.6 Å². The molecule has 0 amide bonds. The molecule has 196 valence electrons. The number of rotatable bonds is 6. The molecule has 4 aromatic carbocycles. The second-order valence-electron chi connectivity index (χ2n) is 8.58. The molecule has 1 aliphatic carbocycles. The Morgan fingerprint density at radius 1 is 0.692 bits per heavy atom. The molecule has 1 unspecified atom stereocenters. The van der Waals surface area contributed by atoms with Gasteiger partial charge in [0.2, 0.25) is 0 Å². The standard InChI is InChI=1S/C19H12Cl2O2.C13H10Cl2O/c20-14-8-11-18(21)17(12-14)19(22)13-6-9-16(10-7-13)23-15-4-2-1-3-5-15;14-11-6-4-10(5-7-11)12(16)13(15)8-2-1-3-9-13/h1-12H;1-8H,9H2. The second-order valence-corrected chi connectivity index (χ2v) is 10.5. The van der Waals surface area contributed by atoms with E-state index in [0.29, 0.717) is 43.9 Å². The van der Waals surface area contributed by atoms with E-state index in [1.165, 1.54) is 0 Å². The molecule has 1 aliphatic rings. The number of benzene rings is 4. The van der Waals surface area contributed by atoms with E-state index in [2.05, 4.69) is 0 Å². The van der Waals surface area contributed by atoms with Gasteiger partial charge in [0.1, 0.15) is 16.4 Å². The van der Waals surface area contributed by atoms with Gasteiger partial charge in [-0.1, -0.05) is 77.3 Å². The number of allylic oxidation sites excluding steroid dienone is 4. The molecule has 3 nitrogen and oxygen atoms in total. The number of carbonyl (C=O) groups excluding carboxylic acids is 2. The van der Waals surface area contributed by atoms with Gasteiger partial charge in [-0.15, -0.1) is 11.6 Å². The van der Waals surface area contributed by atoms with Gasteiger partial charge < -0.3 is 4.74 Å². The maximum Gasteiger partial charge on any atom is 0.194 e. The highest BCUT2D eigenvalue weighted by Crippen LogP contribution is 2.30. The summed E-state index contributed by atoms with van der Waals surface area (Å²) in [5.41, 5.74) is 1.49. The minimum Gasteiger partial charge on any atom is -0.457 e. The van der Waals surface area contributed by atoms with Crippen molar-refractivity contribution in [1.29, 1.82) is 0 Å². The van der Waals surface area contributed by atoms with E-state index >= 15 is 0 Å². The third-order valence-electron chi connectivity index (χ3n) is 5.77. The summed E-state index contributed by atoms with van der Waals surface area (Å²) < 4.78 is 5.70. The molecule has 7 heteroatoms. The van der Waals surface area contributed by atoms with Crippen LogP contribution in [-0.4, -0.2) is 16.4 Å². The van der Waals surface area contributed by atoms with Crippen LogP contribution >= 0.6 is 46.4 Å². The molecule has 0 bridgehead atoms. The van der Waals surface area contributed by atoms with Crippen LogP contribution in [0.3, 0.4) is 0 Å². The van der Waals surface area contributed by atoms with Crippen molar-refractivity contribution in [2.75, 3.05) is 0 Å². The monoisotopic (exact) mass is 594 g/mol. The van der Waals surface area contributed by atoms with Crippen molar-refractivity contribution in [3.8, 4) is 11.5 Å². The van der Waals surface area contributed by atoms with Gasteiger partial charge in [-0.05, 0) is 85.3 Å². The van der Waals surface area contributed by atoms with Crippen LogP contribution in [0.5, 0.6) is 11.5 Å². The van der Waals surface area contributed by atoms with Crippen LogP contribution in [0.2, 0.25) is 15.1 Å². The number of hydrogen-bond acceptors (Lipinski definition) is 3. The fourth-order valence-corrected chi connectivity index (χ4v) is 4.50. The molecule has 4 aromatic rings. The molecule has 0 N–H and O–H groups in total. The van der Waals surface area contributed by atoms with Gasteiger partial charge in [-0.25, -0.2) is 0 Å². The number of carbonyl (C=O) groups is 2. The highest BCUT2D eigenvalue weighted by Gasteiger charge is 2.33. The molecule has 5 rings (SSSR count). The number of halogens is 4. The maximum atomic E-state index is 12.5. The number of ether oxygens (including phenoxy) is 1. The molecular weight excluding hydrogens is 574 g/mol. The average molecular weight is 596 g/mol. The lowest BCUT2D eigenvalue weighted by atomic mass is 9.91. The Morgan fingerprint density at radius 3 is 1.95 bits per heavy atom. The predicted molar refractivity (Wildman–Crippen MR) is 160 cm³/mol. The number of alkyl halides is 1. The first-order valence-electron chi connectivity index (χ1n) is 11.9. The second kappa shape index (κ2) is 13.1. The van der Waals surface area contributed by atoms with E-state index in [4.69, 9.17) is 51.1 Å². The lowest BCUT2D eigenvalue weighted by Gasteiger charge is -2.22. The minimum atomic E-state index is -0.942. The van der Waals surface area contributed by atoms with Crippen molar-refractivity contribution in [2.24, 2.45) is 0 Å². The molecule has 0 heterocycles. The van der Waals surface area contributed by atoms with Gasteiger partial charge in [-0.3, -0.25) is 9.59 Å². The molecule has 0 saturated carbocycles. The zero-order valence-electron chi connectivity index (χ0n) is 20.5. The van der Waals surface area contributed by atoms with Gasteiger partial charge in [0, 0.05) is 26.7 Å². The van der Waals surface area contributed by atoms with Gasteiger partial charge in [-0.2, -0.15) is 0 Å². The summed E-state index contributed by atoms with van der Waals surface area (Å²) in [5.74, 6) is 1.13. The summed E-state index contributed by atoms with van der Waals surface area (Å²) in [6, 6.07) is 28.0. The van der Waals surface area contributed by atoms with Crippen molar-refractivity contribution in [2.45, 2.75) is 11.3 Å². The SMILES string of the molecule is O=C(c1ccc(Cl)cc1)C1(Cl)C=CC=CC1.O=C(c1ccc(Oc2ccccc2)cc1)c1cc(Cl)ccc1Cl. The Bertz CT molecular complexity index is 1510. The summed E-state index contributed by atoms with van der Waals surface area (Å²) in [7, 11) is 0. The Kier molecular flexibility index (Phi) is 9.66. The number of ketones is 2. The molecule has 0 aromatic heterocycles. The first-order valence-corrected chi connectivity index (χ1v) is 13.4. The number of para-hydroxylation sites is 1. The molecule has 1 atom stereocenters. The van der Waals surface area contributed by atoms with Crippen molar-refractivity contribution >= 4 is 58.0 Å². The smallest absolute Gasteiger partial charge is 0.194 e. The van der Waals surface area contributed by atoms with E-state index in [1.807, 2.05) is 42.5 Å². The van der Waals surface area contributed by atoms with Crippen LogP contribution in [0.25, 0.3) is 0 Å². The first-order chi connectivity index (χ1) is 18.7. The lowest BCUT2D eigenvalue weighted by molar-refractivity contribution is 0.0959. The summed E-state index contributed by atoms with van der Waals surface area (Å²) in [5, 5.41) is 1.46. The third kappa shape index (κ3) is 7.62. The van der Waals surface area contributed by atoms with Crippen molar-refractivity contribution in [3.05, 3.63) is 153 Å². The molecule has 0 saturated heterocycles. The van der Waals surface area contributed by atoms with Crippen molar-refractivity contribution < 1.29 is 14.3 Å². The average Bonchev–Trinajstić information content (AvgIpc) is 2.96.